The van der Waals surface area contributed by atoms with Gasteiger partial charge >= 0.3 is 0 Å². The molecule has 0 spiro atoms. The molecule has 0 aliphatic rings. The number of carbonyl (C=O) groups excluding carboxylic acids is 2. The monoisotopic (exact) mass is 446 g/mol. The van der Waals surface area contributed by atoms with E-state index >= 15 is 0 Å². The number of rotatable bonds is 17. The zero-order chi connectivity index (χ0) is 22.6. The predicted molar refractivity (Wildman–Crippen MR) is 130 cm³/mol. The molecule has 1 aromatic carbocycles. The van der Waals surface area contributed by atoms with Crippen LogP contribution in [0.1, 0.15) is 81.5 Å². The van der Waals surface area contributed by atoms with Gasteiger partial charge in [0.1, 0.15) is 5.75 Å². The Morgan fingerprint density at radius 2 is 1.52 bits per heavy atom. The second-order valence-corrected chi connectivity index (χ2v) is 8.64. The lowest BCUT2D eigenvalue weighted by Gasteiger charge is -2.08. The summed E-state index contributed by atoms with van der Waals surface area (Å²) in [4.78, 5) is 23.8. The van der Waals surface area contributed by atoms with Crippen LogP contribution in [0, 0.1) is 11.8 Å². The number of benzene rings is 1. The number of carbonyl (C=O) groups is 2. The second-order valence-electron chi connectivity index (χ2n) is 7.53. The summed E-state index contributed by atoms with van der Waals surface area (Å²) in [6.07, 6.45) is 12.6. The molecule has 0 aliphatic carbocycles. The van der Waals surface area contributed by atoms with Gasteiger partial charge in [0.15, 0.2) is 0 Å². The van der Waals surface area contributed by atoms with Crippen LogP contribution in [0.2, 0.25) is 0 Å². The van der Waals surface area contributed by atoms with Gasteiger partial charge in [-0.25, -0.2) is 0 Å². The maximum absolute atomic E-state index is 11.9. The number of aromatic hydroxyl groups is 1. The molecule has 0 atom stereocenters. The van der Waals surface area contributed by atoms with Gasteiger partial charge in [-0.2, -0.15) is 11.8 Å². The van der Waals surface area contributed by atoms with Crippen LogP contribution < -0.4 is 10.6 Å². The molecule has 0 aromatic heterocycles. The fraction of sp³-hybridized carbons (Fsp3) is 0.600. The summed E-state index contributed by atoms with van der Waals surface area (Å²) in [5.41, 5.74) is 0.238. The summed E-state index contributed by atoms with van der Waals surface area (Å²) in [6, 6.07) is 6.39. The van der Waals surface area contributed by atoms with E-state index in [1.165, 1.54) is 57.4 Å². The van der Waals surface area contributed by atoms with Gasteiger partial charge in [-0.3, -0.25) is 9.59 Å². The highest BCUT2D eigenvalue weighted by Crippen LogP contribution is 2.15. The number of para-hydroxylation sites is 1. The minimum atomic E-state index is -0.344. The molecule has 0 saturated carbocycles. The average molecular weight is 447 g/mol. The van der Waals surface area contributed by atoms with E-state index in [-0.39, 0.29) is 23.1 Å². The smallest absolute Gasteiger partial charge is 0.255 e. The van der Waals surface area contributed by atoms with Crippen LogP contribution in [-0.2, 0) is 4.79 Å². The van der Waals surface area contributed by atoms with Gasteiger partial charge in [-0.05, 0) is 37.7 Å². The molecule has 0 bridgehead atoms. The van der Waals surface area contributed by atoms with Gasteiger partial charge in [-0.1, -0.05) is 57.1 Å². The van der Waals surface area contributed by atoms with Crippen molar-refractivity contribution >= 4 is 23.6 Å². The van der Waals surface area contributed by atoms with Gasteiger partial charge in [0.05, 0.1) is 11.3 Å². The molecule has 0 unspecified atom stereocenters. The summed E-state index contributed by atoms with van der Waals surface area (Å²) in [5, 5.41) is 15.1. The lowest BCUT2D eigenvalue weighted by Crippen LogP contribution is -2.35. The summed E-state index contributed by atoms with van der Waals surface area (Å²) < 4.78 is 0. The fourth-order valence-electron chi connectivity index (χ4n) is 3.13. The third kappa shape index (κ3) is 14.5. The molecule has 0 radical (unpaired) electrons. The number of hydrogen-bond donors (Lipinski definition) is 3. The maximum atomic E-state index is 11.9. The third-order valence-electron chi connectivity index (χ3n) is 4.88. The van der Waals surface area contributed by atoms with E-state index in [0.717, 1.165) is 18.6 Å². The van der Waals surface area contributed by atoms with Crippen LogP contribution in [0.3, 0.4) is 0 Å². The van der Waals surface area contributed by atoms with Crippen molar-refractivity contribution in [3.63, 3.8) is 0 Å². The summed E-state index contributed by atoms with van der Waals surface area (Å²) in [7, 11) is 0. The van der Waals surface area contributed by atoms with E-state index < -0.39 is 0 Å². The van der Waals surface area contributed by atoms with E-state index in [1.54, 1.807) is 30.0 Å². The van der Waals surface area contributed by atoms with Crippen molar-refractivity contribution in [2.24, 2.45) is 0 Å². The number of amides is 2. The van der Waals surface area contributed by atoms with E-state index in [0.29, 0.717) is 18.8 Å². The minimum absolute atomic E-state index is 0.00766. The van der Waals surface area contributed by atoms with Gasteiger partial charge in [-0.15, -0.1) is 11.8 Å². The Labute approximate surface area is 192 Å². The first-order chi connectivity index (χ1) is 15.1. The van der Waals surface area contributed by atoms with Crippen molar-refractivity contribution < 1.29 is 14.7 Å². The number of phenols is 1. The van der Waals surface area contributed by atoms with E-state index in [4.69, 9.17) is 0 Å². The fourth-order valence-corrected chi connectivity index (χ4v) is 3.97. The largest absolute Gasteiger partial charge is 0.507 e. The molecule has 0 aliphatic heterocycles. The van der Waals surface area contributed by atoms with Crippen molar-refractivity contribution in [3.05, 3.63) is 29.8 Å². The van der Waals surface area contributed by atoms with E-state index in [2.05, 4.69) is 22.5 Å². The highest BCUT2D eigenvalue weighted by Gasteiger charge is 2.09. The van der Waals surface area contributed by atoms with Crippen molar-refractivity contribution in [3.8, 4) is 17.6 Å². The summed E-state index contributed by atoms with van der Waals surface area (Å²) in [6.45, 7) is 2.61. The molecule has 31 heavy (non-hydrogen) atoms. The Kier molecular flexibility index (Phi) is 16.2. The van der Waals surface area contributed by atoms with Crippen LogP contribution in [0.15, 0.2) is 24.3 Å². The van der Waals surface area contributed by atoms with Gasteiger partial charge in [0.25, 0.3) is 5.91 Å². The Hall–Kier alpha value is -2.13. The second kappa shape index (κ2) is 18.6. The first-order valence-corrected chi connectivity index (χ1v) is 12.6. The van der Waals surface area contributed by atoms with Crippen LogP contribution in [0.4, 0.5) is 0 Å². The number of unbranched alkanes of at least 4 members (excludes halogenated alkanes) is 9. The van der Waals surface area contributed by atoms with Gasteiger partial charge in [0.2, 0.25) is 5.91 Å². The molecule has 172 valence electrons. The Morgan fingerprint density at radius 3 is 2.19 bits per heavy atom. The maximum Gasteiger partial charge on any atom is 0.255 e. The van der Waals surface area contributed by atoms with Gasteiger partial charge in [0, 0.05) is 19.5 Å². The molecular formula is C25H38N2O3S. The normalized spacial score (nSPS) is 10.2. The standard InChI is InChI=1S/C25H38N2O3S/c1-2-3-4-5-6-7-8-9-10-11-12-15-20-31-21-24(29)26-18-19-27-25(30)22-16-13-14-17-23(22)28/h13-14,16-17,28H,4-12,15,18-21H2,1H3,(H,26,29)(H,27,30). The first-order valence-electron chi connectivity index (χ1n) is 11.5. The molecule has 3 N–H and O–H groups in total. The number of nitrogens with one attached hydrogen (secondary N) is 2. The predicted octanol–water partition coefficient (Wildman–Crippen LogP) is 4.90. The molecule has 1 aromatic rings. The van der Waals surface area contributed by atoms with E-state index in [9.17, 15) is 14.7 Å². The van der Waals surface area contributed by atoms with Crippen LogP contribution >= 0.6 is 11.8 Å². The number of hydrogen-bond acceptors (Lipinski definition) is 4. The molecule has 0 fully saturated rings. The highest BCUT2D eigenvalue weighted by atomic mass is 32.2. The number of phenolic OH excluding ortho intramolecular Hbond substituents is 1. The van der Waals surface area contributed by atoms with Gasteiger partial charge < -0.3 is 15.7 Å². The number of thioether (sulfide) groups is 1. The summed E-state index contributed by atoms with van der Waals surface area (Å²) >= 11 is 1.66. The summed E-state index contributed by atoms with van der Waals surface area (Å²) in [5.74, 6) is 7.12. The quantitative estimate of drug-likeness (QED) is 0.235. The van der Waals surface area contributed by atoms with Crippen molar-refractivity contribution in [1.29, 1.82) is 0 Å². The SMILES string of the molecule is CC#CCCCCCCCCCCCSCC(=O)NCCNC(=O)c1ccccc1O. The van der Waals surface area contributed by atoms with Crippen molar-refractivity contribution in [1.82, 2.24) is 10.6 Å². The Balaban J connectivity index is 1.87. The third-order valence-corrected chi connectivity index (χ3v) is 5.93. The first kappa shape index (κ1) is 26.9. The molecule has 1 rings (SSSR count). The van der Waals surface area contributed by atoms with Crippen LogP contribution in [0.25, 0.3) is 0 Å². The molecular weight excluding hydrogens is 408 g/mol. The topological polar surface area (TPSA) is 78.4 Å². The molecule has 6 heteroatoms. The van der Waals surface area contributed by atoms with E-state index in [1.807, 2.05) is 6.92 Å². The Morgan fingerprint density at radius 1 is 0.903 bits per heavy atom. The van der Waals surface area contributed by atoms with Crippen molar-refractivity contribution in [2.75, 3.05) is 24.6 Å². The van der Waals surface area contributed by atoms with Crippen LogP contribution in [-0.4, -0.2) is 41.5 Å². The highest BCUT2D eigenvalue weighted by molar-refractivity contribution is 7.99. The zero-order valence-electron chi connectivity index (χ0n) is 18.9. The van der Waals surface area contributed by atoms with Crippen LogP contribution in [0.5, 0.6) is 5.75 Å². The lowest BCUT2D eigenvalue weighted by atomic mass is 10.1. The Bertz CT molecular complexity index is 697. The molecule has 2 amide bonds. The molecule has 0 saturated heterocycles. The molecule has 5 nitrogen and oxygen atoms in total. The molecule has 0 heterocycles. The zero-order valence-corrected chi connectivity index (χ0v) is 19.7. The lowest BCUT2D eigenvalue weighted by molar-refractivity contribution is -0.118. The average Bonchev–Trinajstić information content (AvgIpc) is 2.77. The van der Waals surface area contributed by atoms with Crippen molar-refractivity contribution in [2.45, 2.75) is 71.1 Å². The minimum Gasteiger partial charge on any atom is -0.507 e.